The monoisotopic (exact) mass is 564 g/mol. The smallest absolute Gasteiger partial charge is 0.420 e. The van der Waals surface area contributed by atoms with Crippen LogP contribution < -0.4 is 15.2 Å². The Morgan fingerprint density at radius 2 is 1.07 bits per heavy atom. The molecule has 6 nitrogen and oxygen atoms in total. The van der Waals surface area contributed by atoms with Crippen molar-refractivity contribution in [2.24, 2.45) is 0 Å². The molecule has 0 aliphatic rings. The van der Waals surface area contributed by atoms with Crippen molar-refractivity contribution < 1.29 is 40.7 Å². The van der Waals surface area contributed by atoms with Gasteiger partial charge in [0.25, 0.3) is 5.69 Å². The molecule has 4 rings (SSSR count). The van der Waals surface area contributed by atoms with Crippen LogP contribution in [0.2, 0.25) is 0 Å². The highest BCUT2D eigenvalue weighted by molar-refractivity contribution is 5.49. The van der Waals surface area contributed by atoms with Gasteiger partial charge in [0.15, 0.2) is 0 Å². The number of benzene rings is 4. The number of halogens is 6. The number of ether oxygens (including phenoxy) is 2. The molecule has 0 radical (unpaired) electrons. The Bertz CT molecular complexity index is 1410. The van der Waals surface area contributed by atoms with Gasteiger partial charge in [0.05, 0.1) is 10.5 Å². The summed E-state index contributed by atoms with van der Waals surface area (Å²) in [6.07, 6.45) is -9.21. The van der Waals surface area contributed by atoms with Gasteiger partial charge in [-0.05, 0) is 35.4 Å². The van der Waals surface area contributed by atoms with Crippen molar-refractivity contribution in [2.45, 2.75) is 25.6 Å². The molecule has 2 N–H and O–H groups in total. The first-order valence-corrected chi connectivity index (χ1v) is 11.5. The molecule has 0 aliphatic heterocycles. The topological polar surface area (TPSA) is 87.6 Å². The Hall–Kier alpha value is -4.74. The first-order chi connectivity index (χ1) is 18.8. The lowest BCUT2D eigenvalue weighted by Crippen LogP contribution is -2.09. The van der Waals surface area contributed by atoms with Crippen LogP contribution in [0.15, 0.2) is 97.1 Å². The fourth-order valence-corrected chi connectivity index (χ4v) is 3.34. The van der Waals surface area contributed by atoms with Gasteiger partial charge >= 0.3 is 12.4 Å². The summed E-state index contributed by atoms with van der Waals surface area (Å²) in [5, 5.41) is 10.6. The molecular weight excluding hydrogens is 542 g/mol. The fraction of sp³-hybridized carbons (Fsp3) is 0.143. The van der Waals surface area contributed by atoms with E-state index >= 15 is 0 Å². The number of nitro groups is 1. The number of nitrogens with zero attached hydrogens (tertiary/aromatic N) is 1. The highest BCUT2D eigenvalue weighted by Gasteiger charge is 2.36. The van der Waals surface area contributed by atoms with Crippen molar-refractivity contribution in [3.63, 3.8) is 0 Å². The van der Waals surface area contributed by atoms with Crippen molar-refractivity contribution in [3.05, 3.63) is 129 Å². The van der Waals surface area contributed by atoms with E-state index in [9.17, 15) is 36.5 Å². The zero-order valence-electron chi connectivity index (χ0n) is 20.6. The maximum Gasteiger partial charge on any atom is 0.420 e. The second-order valence-electron chi connectivity index (χ2n) is 8.24. The largest absolute Gasteiger partial charge is 0.488 e. The van der Waals surface area contributed by atoms with E-state index in [2.05, 4.69) is 0 Å². The lowest BCUT2D eigenvalue weighted by atomic mass is 10.1. The summed E-state index contributed by atoms with van der Waals surface area (Å²) in [6, 6.07) is 23.6. The van der Waals surface area contributed by atoms with E-state index in [0.29, 0.717) is 11.6 Å². The van der Waals surface area contributed by atoms with Crippen molar-refractivity contribution in [3.8, 4) is 11.5 Å². The third-order valence-corrected chi connectivity index (χ3v) is 5.26. The molecule has 0 spiro atoms. The van der Waals surface area contributed by atoms with Crippen LogP contribution in [-0.4, -0.2) is 4.92 Å². The molecule has 4 aromatic rings. The van der Waals surface area contributed by atoms with Gasteiger partial charge in [0, 0.05) is 17.8 Å². The first kappa shape index (κ1) is 29.8. The third-order valence-electron chi connectivity index (χ3n) is 5.26. The number of hydrogen-bond acceptors (Lipinski definition) is 5. The van der Waals surface area contributed by atoms with Crippen LogP contribution in [0.4, 0.5) is 37.7 Å². The number of nitrogens with two attached hydrogens (primary N) is 1. The van der Waals surface area contributed by atoms with E-state index in [4.69, 9.17) is 15.2 Å². The van der Waals surface area contributed by atoms with Gasteiger partial charge in [0.2, 0.25) is 0 Å². The van der Waals surface area contributed by atoms with E-state index in [0.717, 1.165) is 23.8 Å². The summed E-state index contributed by atoms with van der Waals surface area (Å²) in [4.78, 5) is 9.69. The first-order valence-electron chi connectivity index (χ1n) is 11.5. The molecule has 210 valence electrons. The van der Waals surface area contributed by atoms with Crippen LogP contribution in [-0.2, 0) is 25.6 Å². The minimum absolute atomic E-state index is 0.0538. The predicted molar refractivity (Wildman–Crippen MR) is 136 cm³/mol. The van der Waals surface area contributed by atoms with Crippen LogP contribution in [0.3, 0.4) is 0 Å². The second kappa shape index (κ2) is 12.9. The summed E-state index contributed by atoms with van der Waals surface area (Å²) in [7, 11) is 0. The van der Waals surface area contributed by atoms with Crippen LogP contribution in [0, 0.1) is 10.1 Å². The molecule has 0 saturated heterocycles. The van der Waals surface area contributed by atoms with E-state index in [1.165, 1.54) is 12.1 Å². The summed E-state index contributed by atoms with van der Waals surface area (Å²) in [5.41, 5.74) is 4.28. The highest BCUT2D eigenvalue weighted by Crippen LogP contribution is 2.39. The minimum atomic E-state index is -4.72. The molecule has 0 amide bonds. The number of anilines is 1. The van der Waals surface area contributed by atoms with Crippen molar-refractivity contribution in [1.29, 1.82) is 0 Å². The molecule has 0 unspecified atom stereocenters. The summed E-state index contributed by atoms with van der Waals surface area (Å²) in [6.45, 7) is 0.0234. The number of nitro benzene ring substituents is 1. The van der Waals surface area contributed by atoms with Gasteiger partial charge in [-0.25, -0.2) is 0 Å². The predicted octanol–water partition coefficient (Wildman–Crippen LogP) is 8.06. The molecular formula is C28H22F6N2O4. The number of rotatable bonds is 7. The fourth-order valence-electron chi connectivity index (χ4n) is 3.34. The molecule has 0 atom stereocenters. The van der Waals surface area contributed by atoms with Gasteiger partial charge in [-0.1, -0.05) is 60.7 Å². The third kappa shape index (κ3) is 8.65. The second-order valence-corrected chi connectivity index (χ2v) is 8.24. The average molecular weight is 564 g/mol. The van der Waals surface area contributed by atoms with E-state index in [1.54, 1.807) is 54.6 Å². The van der Waals surface area contributed by atoms with Gasteiger partial charge in [-0.15, -0.1) is 0 Å². The highest BCUT2D eigenvalue weighted by atomic mass is 19.4. The Morgan fingerprint density at radius 3 is 1.50 bits per heavy atom. The number of nitrogen functional groups attached to an aromatic ring is 1. The zero-order chi connectivity index (χ0) is 29.3. The Kier molecular flexibility index (Phi) is 9.59. The SMILES string of the molecule is Nc1ccc(OCc2ccccc2)c(C(F)(F)F)c1.O=[N+]([O-])c1ccc(OCc2ccccc2)c(C(F)(F)F)c1. The lowest BCUT2D eigenvalue weighted by Gasteiger charge is -2.14. The molecule has 40 heavy (non-hydrogen) atoms. The quantitative estimate of drug-likeness (QED) is 0.106. The van der Waals surface area contributed by atoms with Gasteiger partial charge in [-0.2, -0.15) is 26.3 Å². The minimum Gasteiger partial charge on any atom is -0.488 e. The summed E-state index contributed by atoms with van der Waals surface area (Å²) >= 11 is 0. The number of alkyl halides is 6. The molecule has 12 heteroatoms. The lowest BCUT2D eigenvalue weighted by molar-refractivity contribution is -0.385. The summed E-state index contributed by atoms with van der Waals surface area (Å²) < 4.78 is 87.6. The molecule has 0 saturated carbocycles. The molecule has 0 aliphatic carbocycles. The van der Waals surface area contributed by atoms with Gasteiger partial charge in [-0.3, -0.25) is 10.1 Å². The Morgan fingerprint density at radius 1 is 0.650 bits per heavy atom. The number of non-ortho nitro benzene ring substituents is 1. The normalized spacial score (nSPS) is 11.2. The van der Waals surface area contributed by atoms with E-state index < -0.39 is 39.8 Å². The molecule has 4 aromatic carbocycles. The van der Waals surface area contributed by atoms with E-state index in [1.807, 2.05) is 6.07 Å². The van der Waals surface area contributed by atoms with Crippen LogP contribution in [0.25, 0.3) is 0 Å². The van der Waals surface area contributed by atoms with Crippen molar-refractivity contribution in [2.75, 3.05) is 5.73 Å². The van der Waals surface area contributed by atoms with Crippen LogP contribution in [0.5, 0.6) is 11.5 Å². The Balaban J connectivity index is 0.000000222. The van der Waals surface area contributed by atoms with Gasteiger partial charge < -0.3 is 15.2 Å². The van der Waals surface area contributed by atoms with Crippen LogP contribution >= 0.6 is 0 Å². The average Bonchev–Trinajstić information content (AvgIpc) is 2.91. The van der Waals surface area contributed by atoms with Crippen molar-refractivity contribution in [1.82, 2.24) is 0 Å². The van der Waals surface area contributed by atoms with Crippen LogP contribution in [0.1, 0.15) is 22.3 Å². The summed E-state index contributed by atoms with van der Waals surface area (Å²) in [5.74, 6) is -0.650. The standard InChI is InChI=1S/C14H10F3NO3.C14H12F3NO/c15-14(16,17)12-8-11(18(19)20)6-7-13(12)21-9-10-4-2-1-3-5-10;15-14(16,17)12-8-11(18)6-7-13(12)19-9-10-4-2-1-3-5-10/h1-8H,9H2;1-8H,9,18H2. The van der Waals surface area contributed by atoms with Crippen molar-refractivity contribution >= 4 is 11.4 Å². The van der Waals surface area contributed by atoms with E-state index in [-0.39, 0.29) is 24.7 Å². The maximum atomic E-state index is 12.9. The molecule has 0 heterocycles. The molecule has 0 fully saturated rings. The molecule has 0 bridgehead atoms. The van der Waals surface area contributed by atoms with Gasteiger partial charge in [0.1, 0.15) is 30.3 Å². The Labute approximate surface area is 224 Å². The number of hydrogen-bond donors (Lipinski definition) is 1. The zero-order valence-corrected chi connectivity index (χ0v) is 20.6. The molecule has 0 aromatic heterocycles. The maximum absolute atomic E-state index is 12.9.